The highest BCUT2D eigenvalue weighted by molar-refractivity contribution is 5.89. The van der Waals surface area contributed by atoms with Crippen LogP contribution in [0.15, 0.2) is 36.9 Å². The number of aromatic nitrogens is 2. The number of carboxylic acid groups (broad SMARTS) is 1. The highest BCUT2D eigenvalue weighted by Gasteiger charge is 2.06. The van der Waals surface area contributed by atoms with Crippen molar-refractivity contribution in [3.8, 4) is 5.69 Å². The second-order valence-electron chi connectivity index (χ2n) is 3.05. The van der Waals surface area contributed by atoms with E-state index in [1.807, 2.05) is 0 Å². The topological polar surface area (TPSA) is 81.1 Å². The van der Waals surface area contributed by atoms with Crippen molar-refractivity contribution in [1.29, 1.82) is 0 Å². The van der Waals surface area contributed by atoms with Crippen molar-refractivity contribution in [1.82, 2.24) is 9.55 Å². The van der Waals surface area contributed by atoms with Gasteiger partial charge in [0.15, 0.2) is 0 Å². The summed E-state index contributed by atoms with van der Waals surface area (Å²) in [5, 5.41) is 8.76. The molecule has 1 aromatic carbocycles. The van der Waals surface area contributed by atoms with Crippen molar-refractivity contribution >= 4 is 24.1 Å². The molecule has 84 valence electrons. The van der Waals surface area contributed by atoms with Gasteiger partial charge < -0.3 is 15.4 Å². The summed E-state index contributed by atoms with van der Waals surface area (Å²) in [5.74, 6) is -0.987. The molecule has 1 aromatic heterocycles. The lowest BCUT2D eigenvalue weighted by atomic mass is 10.2. The first-order valence-electron chi connectivity index (χ1n) is 4.29. The molecule has 5 nitrogen and oxygen atoms in total. The minimum atomic E-state index is -0.987. The third-order valence-electron chi connectivity index (χ3n) is 2.06. The molecule has 16 heavy (non-hydrogen) atoms. The summed E-state index contributed by atoms with van der Waals surface area (Å²) in [6.45, 7) is 0. The second-order valence-corrected chi connectivity index (χ2v) is 3.05. The molecule has 0 bridgehead atoms. The lowest BCUT2D eigenvalue weighted by Gasteiger charge is -2.06. The van der Waals surface area contributed by atoms with Crippen molar-refractivity contribution in [2.45, 2.75) is 0 Å². The first kappa shape index (κ1) is 12.1. The first-order valence-corrected chi connectivity index (χ1v) is 4.29. The van der Waals surface area contributed by atoms with E-state index in [0.29, 0.717) is 5.69 Å². The summed E-state index contributed by atoms with van der Waals surface area (Å²) < 4.78 is 1.72. The molecule has 0 fully saturated rings. The third kappa shape index (κ3) is 2.14. The van der Waals surface area contributed by atoms with Crippen LogP contribution in [0.5, 0.6) is 0 Å². The molecule has 0 unspecified atom stereocenters. The van der Waals surface area contributed by atoms with E-state index in [9.17, 15) is 4.79 Å². The van der Waals surface area contributed by atoms with Gasteiger partial charge in [0.2, 0.25) is 0 Å². The summed E-state index contributed by atoms with van der Waals surface area (Å²) >= 11 is 0. The molecule has 0 aliphatic rings. The van der Waals surface area contributed by atoms with Gasteiger partial charge in [-0.3, -0.25) is 0 Å². The van der Waals surface area contributed by atoms with E-state index in [1.165, 1.54) is 12.1 Å². The van der Waals surface area contributed by atoms with E-state index in [2.05, 4.69) is 4.98 Å². The minimum absolute atomic E-state index is 0. The average Bonchev–Trinajstić information content (AvgIpc) is 2.70. The SMILES string of the molecule is Cl.Nc1cc(C(=O)O)ccc1-n1ccnc1. The number of nitrogen functional groups attached to an aromatic ring is 1. The number of carbonyl (C=O) groups is 1. The van der Waals surface area contributed by atoms with Gasteiger partial charge in [-0.1, -0.05) is 0 Å². The Morgan fingerprint density at radius 1 is 1.44 bits per heavy atom. The Bertz CT molecular complexity index is 497. The van der Waals surface area contributed by atoms with Crippen LogP contribution in [0, 0.1) is 0 Å². The number of nitrogens with zero attached hydrogens (tertiary/aromatic N) is 2. The van der Waals surface area contributed by atoms with Gasteiger partial charge in [0.1, 0.15) is 0 Å². The normalized spacial score (nSPS) is 9.50. The van der Waals surface area contributed by atoms with Crippen molar-refractivity contribution in [3.63, 3.8) is 0 Å². The molecular formula is C10H10ClN3O2. The number of benzene rings is 1. The molecule has 0 saturated carbocycles. The Labute approximate surface area is 97.9 Å². The van der Waals surface area contributed by atoms with Gasteiger partial charge in [-0.2, -0.15) is 0 Å². The smallest absolute Gasteiger partial charge is 0.335 e. The predicted octanol–water partition coefficient (Wildman–Crippen LogP) is 1.57. The molecular weight excluding hydrogens is 230 g/mol. The van der Waals surface area contributed by atoms with E-state index >= 15 is 0 Å². The molecule has 0 amide bonds. The Hall–Kier alpha value is -2.01. The van der Waals surface area contributed by atoms with Crippen LogP contribution in [-0.2, 0) is 0 Å². The van der Waals surface area contributed by atoms with Gasteiger partial charge in [-0.25, -0.2) is 9.78 Å². The van der Waals surface area contributed by atoms with Crippen molar-refractivity contribution < 1.29 is 9.90 Å². The van der Waals surface area contributed by atoms with E-state index in [4.69, 9.17) is 10.8 Å². The number of halogens is 1. The van der Waals surface area contributed by atoms with Crippen molar-refractivity contribution in [3.05, 3.63) is 42.5 Å². The molecule has 0 aliphatic heterocycles. The van der Waals surface area contributed by atoms with Crippen LogP contribution in [0.3, 0.4) is 0 Å². The van der Waals surface area contributed by atoms with Gasteiger partial charge >= 0.3 is 5.97 Å². The number of hydrogen-bond donors (Lipinski definition) is 2. The maximum absolute atomic E-state index is 10.7. The summed E-state index contributed by atoms with van der Waals surface area (Å²) in [6, 6.07) is 4.59. The van der Waals surface area contributed by atoms with Crippen molar-refractivity contribution in [2.75, 3.05) is 5.73 Å². The zero-order valence-electron chi connectivity index (χ0n) is 8.20. The largest absolute Gasteiger partial charge is 0.478 e. The standard InChI is InChI=1S/C10H9N3O2.ClH/c11-8-5-7(10(14)15)1-2-9(8)13-4-3-12-6-13;/h1-6H,11H2,(H,14,15);1H. The predicted molar refractivity (Wildman–Crippen MR) is 62.2 cm³/mol. The van der Waals surface area contributed by atoms with Gasteiger partial charge in [-0.05, 0) is 18.2 Å². The van der Waals surface area contributed by atoms with Crippen LogP contribution in [-0.4, -0.2) is 20.6 Å². The molecule has 0 atom stereocenters. The molecule has 1 heterocycles. The number of aromatic carboxylic acids is 1. The monoisotopic (exact) mass is 239 g/mol. The summed E-state index contributed by atoms with van der Waals surface area (Å²) in [4.78, 5) is 14.6. The Kier molecular flexibility index (Phi) is 3.52. The number of anilines is 1. The van der Waals surface area contributed by atoms with Crippen LogP contribution in [0.25, 0.3) is 5.69 Å². The van der Waals surface area contributed by atoms with Crippen LogP contribution in [0.4, 0.5) is 5.69 Å². The lowest BCUT2D eigenvalue weighted by molar-refractivity contribution is 0.0697. The Morgan fingerprint density at radius 2 is 2.19 bits per heavy atom. The van der Waals surface area contributed by atoms with Crippen LogP contribution in [0.2, 0.25) is 0 Å². The fourth-order valence-electron chi connectivity index (χ4n) is 1.32. The summed E-state index contributed by atoms with van der Waals surface area (Å²) in [7, 11) is 0. The quantitative estimate of drug-likeness (QED) is 0.780. The fraction of sp³-hybridized carbons (Fsp3) is 0. The number of imidazole rings is 1. The number of rotatable bonds is 2. The average molecular weight is 240 g/mol. The van der Waals surface area contributed by atoms with Gasteiger partial charge in [-0.15, -0.1) is 12.4 Å². The second kappa shape index (κ2) is 4.67. The number of carboxylic acids is 1. The number of hydrogen-bond acceptors (Lipinski definition) is 3. The highest BCUT2D eigenvalue weighted by atomic mass is 35.5. The molecule has 2 aromatic rings. The van der Waals surface area contributed by atoms with Crippen LogP contribution in [0.1, 0.15) is 10.4 Å². The summed E-state index contributed by atoms with van der Waals surface area (Å²) in [5.41, 5.74) is 7.05. The highest BCUT2D eigenvalue weighted by Crippen LogP contribution is 2.18. The van der Waals surface area contributed by atoms with Gasteiger partial charge in [0.25, 0.3) is 0 Å². The van der Waals surface area contributed by atoms with E-state index < -0.39 is 5.97 Å². The molecule has 3 N–H and O–H groups in total. The minimum Gasteiger partial charge on any atom is -0.478 e. The first-order chi connectivity index (χ1) is 7.18. The molecule has 0 saturated heterocycles. The maximum Gasteiger partial charge on any atom is 0.335 e. The van der Waals surface area contributed by atoms with Gasteiger partial charge in [0, 0.05) is 12.4 Å². The number of nitrogens with two attached hydrogens (primary N) is 1. The lowest BCUT2D eigenvalue weighted by Crippen LogP contribution is -2.02. The maximum atomic E-state index is 10.7. The fourth-order valence-corrected chi connectivity index (χ4v) is 1.32. The Morgan fingerprint density at radius 3 is 2.69 bits per heavy atom. The molecule has 6 heteroatoms. The van der Waals surface area contributed by atoms with Crippen LogP contribution < -0.4 is 5.73 Å². The van der Waals surface area contributed by atoms with E-state index in [1.54, 1.807) is 29.4 Å². The Balaban J connectivity index is 0.00000128. The van der Waals surface area contributed by atoms with E-state index in [-0.39, 0.29) is 18.0 Å². The van der Waals surface area contributed by atoms with E-state index in [0.717, 1.165) is 5.69 Å². The molecule has 0 aliphatic carbocycles. The molecule has 2 rings (SSSR count). The zero-order valence-corrected chi connectivity index (χ0v) is 9.02. The third-order valence-corrected chi connectivity index (χ3v) is 2.06. The molecule has 0 radical (unpaired) electrons. The van der Waals surface area contributed by atoms with Crippen molar-refractivity contribution in [2.24, 2.45) is 0 Å². The van der Waals surface area contributed by atoms with Crippen LogP contribution >= 0.6 is 12.4 Å². The van der Waals surface area contributed by atoms with Gasteiger partial charge in [0.05, 0.1) is 23.3 Å². The summed E-state index contributed by atoms with van der Waals surface area (Å²) in [6.07, 6.45) is 4.98. The molecule has 0 spiro atoms. The zero-order chi connectivity index (χ0) is 10.8.